The van der Waals surface area contributed by atoms with Crippen molar-refractivity contribution in [2.45, 2.75) is 44.6 Å². The van der Waals surface area contributed by atoms with E-state index < -0.39 is 12.0 Å². The number of rotatable bonds is 8. The minimum absolute atomic E-state index is 0.0934. The molecule has 0 saturated carbocycles. The number of benzene rings is 1. The maximum atomic E-state index is 12.6. The number of isocyanates is 1. The number of hydrogen-bond donors (Lipinski definition) is 0. The summed E-state index contributed by atoms with van der Waals surface area (Å²) in [7, 11) is 4.32. The smallest absolute Gasteiger partial charge is 0.331 e. The average molecular weight is 415 g/mol. The second-order valence-electron chi connectivity index (χ2n) is 7.11. The quantitative estimate of drug-likeness (QED) is 0.366. The molecule has 0 saturated heterocycles. The summed E-state index contributed by atoms with van der Waals surface area (Å²) in [5, 5.41) is 0. The molecule has 0 radical (unpaired) electrons. The van der Waals surface area contributed by atoms with Crippen LogP contribution in [0.3, 0.4) is 0 Å². The van der Waals surface area contributed by atoms with Crippen LogP contribution in [0.2, 0.25) is 0 Å². The van der Waals surface area contributed by atoms with Crippen LogP contribution in [-0.2, 0) is 25.5 Å². The Kier molecular flexibility index (Phi) is 6.90. The Balaban J connectivity index is 1.94. The molecule has 0 bridgehead atoms. The first-order valence-corrected chi connectivity index (χ1v) is 9.86. The lowest BCUT2D eigenvalue weighted by atomic mass is 9.95. The topological polar surface area (TPSA) is 100 Å². The summed E-state index contributed by atoms with van der Waals surface area (Å²) in [5.41, 5.74) is 3.84. The summed E-state index contributed by atoms with van der Waals surface area (Å²) in [6.45, 7) is 0.0934. The van der Waals surface area contributed by atoms with E-state index in [1.54, 1.807) is 7.11 Å². The van der Waals surface area contributed by atoms with Crippen molar-refractivity contribution in [3.63, 3.8) is 0 Å². The number of esters is 1. The zero-order valence-corrected chi connectivity index (χ0v) is 17.4. The molecule has 0 amide bonds. The van der Waals surface area contributed by atoms with E-state index in [0.717, 1.165) is 41.5 Å². The van der Waals surface area contributed by atoms with E-state index in [4.69, 9.17) is 14.2 Å². The minimum atomic E-state index is -0.981. The van der Waals surface area contributed by atoms with Crippen LogP contribution in [0.1, 0.15) is 43.2 Å². The zero-order chi connectivity index (χ0) is 21.7. The predicted molar refractivity (Wildman–Crippen MR) is 108 cm³/mol. The molecule has 1 aromatic carbocycles. The molecule has 3 rings (SSSR count). The van der Waals surface area contributed by atoms with Gasteiger partial charge in [-0.25, -0.2) is 9.59 Å². The molecule has 8 nitrogen and oxygen atoms in total. The normalized spacial score (nSPS) is 16.0. The lowest BCUT2D eigenvalue weighted by Crippen LogP contribution is -2.22. The fourth-order valence-corrected chi connectivity index (χ4v) is 4.13. The molecule has 0 aliphatic heterocycles. The van der Waals surface area contributed by atoms with Gasteiger partial charge >= 0.3 is 5.97 Å². The van der Waals surface area contributed by atoms with Gasteiger partial charge in [-0.3, -0.25) is 4.79 Å². The van der Waals surface area contributed by atoms with Gasteiger partial charge in [0.05, 0.1) is 27.9 Å². The Bertz CT molecular complexity index is 928. The third-order valence-electron chi connectivity index (χ3n) is 5.50. The molecule has 2 aliphatic carbocycles. The molecule has 1 atom stereocenters. The van der Waals surface area contributed by atoms with E-state index in [-0.39, 0.29) is 18.8 Å². The molecule has 0 fully saturated rings. The largest absolute Gasteiger partial charge is 0.492 e. The number of carbonyl (C=O) groups excluding carboxylic acids is 3. The zero-order valence-electron chi connectivity index (χ0n) is 17.4. The Labute approximate surface area is 174 Å². The number of nitrogens with zero attached hydrogens (tertiary/aromatic N) is 1. The SMILES string of the molecule is COC(=O)C(CCOc1cc2c(c(OC)c1OC)C1=C(CCC1)C(=O)CC2)N=C=O. The minimum Gasteiger partial charge on any atom is -0.492 e. The summed E-state index contributed by atoms with van der Waals surface area (Å²) in [4.78, 5) is 38.3. The number of hydrogen-bond acceptors (Lipinski definition) is 8. The standard InChI is InChI=1S/C22H25NO7/c1-27-20-18(30-10-9-16(23-12-24)22(26)29-3)11-13-7-8-17(25)14-5-4-6-15(14)19(13)21(20)28-2/h11,16H,4-10H2,1-3H3. The maximum absolute atomic E-state index is 12.6. The van der Waals surface area contributed by atoms with Crippen LogP contribution in [0.4, 0.5) is 0 Å². The van der Waals surface area contributed by atoms with Crippen molar-refractivity contribution in [2.75, 3.05) is 27.9 Å². The highest BCUT2D eigenvalue weighted by Gasteiger charge is 2.32. The van der Waals surface area contributed by atoms with Gasteiger partial charge in [0.25, 0.3) is 0 Å². The number of methoxy groups -OCH3 is 3. The van der Waals surface area contributed by atoms with E-state index in [1.165, 1.54) is 20.3 Å². The molecule has 160 valence electrons. The van der Waals surface area contributed by atoms with E-state index >= 15 is 0 Å². The number of allylic oxidation sites excluding steroid dienone is 2. The summed E-state index contributed by atoms with van der Waals surface area (Å²) in [5.74, 6) is 0.978. The van der Waals surface area contributed by atoms with Crippen LogP contribution >= 0.6 is 0 Å². The lowest BCUT2D eigenvalue weighted by molar-refractivity contribution is -0.142. The van der Waals surface area contributed by atoms with Gasteiger partial charge in [-0.15, -0.1) is 0 Å². The van der Waals surface area contributed by atoms with Gasteiger partial charge in [0.15, 0.2) is 23.3 Å². The van der Waals surface area contributed by atoms with Gasteiger partial charge in [-0.05, 0) is 48.5 Å². The predicted octanol–water partition coefficient (Wildman–Crippen LogP) is 2.80. The fourth-order valence-electron chi connectivity index (χ4n) is 4.13. The first kappa shape index (κ1) is 21.6. The lowest BCUT2D eigenvalue weighted by Gasteiger charge is -2.21. The molecule has 0 aromatic heterocycles. The molecule has 30 heavy (non-hydrogen) atoms. The molecular formula is C22H25NO7. The van der Waals surface area contributed by atoms with Crippen molar-refractivity contribution in [1.29, 1.82) is 0 Å². The van der Waals surface area contributed by atoms with Crippen LogP contribution in [-0.4, -0.2) is 51.8 Å². The van der Waals surface area contributed by atoms with Crippen LogP contribution < -0.4 is 14.2 Å². The van der Waals surface area contributed by atoms with Gasteiger partial charge in [0.2, 0.25) is 11.8 Å². The fraction of sp³-hybridized carbons (Fsp3) is 0.500. The van der Waals surface area contributed by atoms with Gasteiger partial charge in [-0.2, -0.15) is 4.99 Å². The van der Waals surface area contributed by atoms with Crippen molar-refractivity contribution >= 4 is 23.4 Å². The van der Waals surface area contributed by atoms with Gasteiger partial charge in [0.1, 0.15) is 0 Å². The second-order valence-corrected chi connectivity index (χ2v) is 7.11. The van der Waals surface area contributed by atoms with Crippen molar-refractivity contribution < 1.29 is 33.3 Å². The van der Waals surface area contributed by atoms with Crippen molar-refractivity contribution in [1.82, 2.24) is 0 Å². The molecule has 0 spiro atoms. The molecule has 8 heteroatoms. The van der Waals surface area contributed by atoms with Gasteiger partial charge < -0.3 is 18.9 Å². The van der Waals surface area contributed by atoms with Crippen LogP contribution in [0.15, 0.2) is 16.6 Å². The number of ether oxygens (including phenoxy) is 4. The van der Waals surface area contributed by atoms with Crippen molar-refractivity contribution in [2.24, 2.45) is 4.99 Å². The van der Waals surface area contributed by atoms with E-state index in [0.29, 0.717) is 30.1 Å². The Morgan fingerprint density at radius 2 is 1.83 bits per heavy atom. The summed E-state index contributed by atoms with van der Waals surface area (Å²) in [6, 6.07) is 0.888. The monoisotopic (exact) mass is 415 g/mol. The van der Waals surface area contributed by atoms with Crippen molar-refractivity contribution in [3.8, 4) is 17.2 Å². The number of aryl methyl sites for hydroxylation is 1. The molecule has 2 aliphatic rings. The molecule has 0 N–H and O–H groups in total. The number of ketones is 1. The molecular weight excluding hydrogens is 390 g/mol. The number of Topliss-reactive ketones (excluding diaryl/α,β-unsaturated/α-hetero) is 1. The highest BCUT2D eigenvalue weighted by atomic mass is 16.5. The van der Waals surface area contributed by atoms with Crippen LogP contribution in [0, 0.1) is 0 Å². The average Bonchev–Trinajstić information content (AvgIpc) is 3.20. The third kappa shape index (κ3) is 4.09. The second kappa shape index (κ2) is 9.59. The molecule has 1 unspecified atom stereocenters. The first-order chi connectivity index (χ1) is 14.5. The third-order valence-corrected chi connectivity index (χ3v) is 5.50. The number of carbonyl (C=O) groups is 2. The highest BCUT2D eigenvalue weighted by molar-refractivity contribution is 6.05. The van der Waals surface area contributed by atoms with E-state index in [2.05, 4.69) is 9.73 Å². The molecule has 1 aromatic rings. The van der Waals surface area contributed by atoms with E-state index in [1.807, 2.05) is 6.07 Å². The number of aliphatic imine (C=N–C) groups is 1. The Hall–Kier alpha value is -3.12. The Morgan fingerprint density at radius 3 is 2.50 bits per heavy atom. The van der Waals surface area contributed by atoms with Crippen LogP contribution in [0.5, 0.6) is 17.2 Å². The van der Waals surface area contributed by atoms with Crippen LogP contribution in [0.25, 0.3) is 5.57 Å². The summed E-state index contributed by atoms with van der Waals surface area (Å²) < 4.78 is 21.8. The summed E-state index contributed by atoms with van der Waals surface area (Å²) >= 11 is 0. The molecule has 0 heterocycles. The highest BCUT2D eigenvalue weighted by Crippen LogP contribution is 2.50. The maximum Gasteiger partial charge on any atom is 0.331 e. The summed E-state index contributed by atoms with van der Waals surface area (Å²) in [6.07, 6.45) is 5.12. The van der Waals surface area contributed by atoms with E-state index in [9.17, 15) is 14.4 Å². The number of fused-ring (bicyclic) bond motifs is 2. The first-order valence-electron chi connectivity index (χ1n) is 9.86. The van der Waals surface area contributed by atoms with Gasteiger partial charge in [0, 0.05) is 18.4 Å². The van der Waals surface area contributed by atoms with Crippen molar-refractivity contribution in [3.05, 3.63) is 22.8 Å². The van der Waals surface area contributed by atoms with Gasteiger partial charge in [-0.1, -0.05) is 0 Å². The Morgan fingerprint density at radius 1 is 1.10 bits per heavy atom.